The largest absolute Gasteiger partial charge is 0.507 e. The van der Waals surface area contributed by atoms with E-state index < -0.39 is 0 Å². The number of aldehydes is 1. The molecule has 0 saturated heterocycles. The number of benzene rings is 1. The normalized spacial score (nSPS) is 10.4. The number of hydrogen-bond donors (Lipinski definition) is 1. The zero-order chi connectivity index (χ0) is 9.84. The third kappa shape index (κ3) is 2.56. The van der Waals surface area contributed by atoms with Crippen LogP contribution in [0.15, 0.2) is 18.2 Å². The number of phenols is 1. The molecule has 0 aliphatic heterocycles. The van der Waals surface area contributed by atoms with E-state index in [-0.39, 0.29) is 5.75 Å². The highest BCUT2D eigenvalue weighted by atomic mass is 16.3. The van der Waals surface area contributed by atoms with Crippen molar-refractivity contribution in [2.45, 2.75) is 6.54 Å². The van der Waals surface area contributed by atoms with E-state index in [1.165, 1.54) is 0 Å². The minimum Gasteiger partial charge on any atom is -0.507 e. The van der Waals surface area contributed by atoms with Crippen molar-refractivity contribution in [3.63, 3.8) is 0 Å². The van der Waals surface area contributed by atoms with Crippen LogP contribution in [0.25, 0.3) is 0 Å². The summed E-state index contributed by atoms with van der Waals surface area (Å²) in [5.41, 5.74) is 1.33. The van der Waals surface area contributed by atoms with Gasteiger partial charge in [0.25, 0.3) is 0 Å². The number of carbonyl (C=O) groups excluding carboxylic acids is 1. The van der Waals surface area contributed by atoms with Gasteiger partial charge in [-0.25, -0.2) is 0 Å². The number of phenolic OH excluding ortho intramolecular Hbond substituents is 1. The van der Waals surface area contributed by atoms with Crippen molar-refractivity contribution < 1.29 is 9.90 Å². The summed E-state index contributed by atoms with van der Waals surface area (Å²) in [4.78, 5) is 12.4. The monoisotopic (exact) mass is 179 g/mol. The lowest BCUT2D eigenvalue weighted by Crippen LogP contribution is -2.10. The Balaban J connectivity index is 2.89. The predicted molar refractivity (Wildman–Crippen MR) is 50.9 cm³/mol. The van der Waals surface area contributed by atoms with Crippen LogP contribution in [0.5, 0.6) is 5.75 Å². The minimum absolute atomic E-state index is 0.0503. The highest BCUT2D eigenvalue weighted by Crippen LogP contribution is 2.17. The van der Waals surface area contributed by atoms with Gasteiger partial charge in [0.1, 0.15) is 5.75 Å². The van der Waals surface area contributed by atoms with Gasteiger partial charge < -0.3 is 10.0 Å². The van der Waals surface area contributed by atoms with Crippen LogP contribution < -0.4 is 0 Å². The molecule has 3 nitrogen and oxygen atoms in total. The molecule has 0 heterocycles. The molecule has 0 atom stereocenters. The third-order valence-corrected chi connectivity index (χ3v) is 1.72. The Morgan fingerprint density at radius 2 is 2.15 bits per heavy atom. The van der Waals surface area contributed by atoms with Gasteiger partial charge in [-0.2, -0.15) is 0 Å². The second-order valence-corrected chi connectivity index (χ2v) is 3.25. The summed E-state index contributed by atoms with van der Waals surface area (Å²) in [5.74, 6) is 0.0503. The van der Waals surface area contributed by atoms with E-state index in [4.69, 9.17) is 0 Å². The second kappa shape index (κ2) is 4.05. The maximum atomic E-state index is 10.4. The van der Waals surface area contributed by atoms with Crippen LogP contribution in [0, 0.1) is 0 Å². The molecule has 1 aromatic rings. The van der Waals surface area contributed by atoms with Crippen LogP contribution >= 0.6 is 0 Å². The Labute approximate surface area is 77.6 Å². The molecule has 0 radical (unpaired) electrons. The quantitative estimate of drug-likeness (QED) is 0.710. The van der Waals surface area contributed by atoms with Gasteiger partial charge in [0, 0.05) is 6.54 Å². The lowest BCUT2D eigenvalue weighted by atomic mass is 10.1. The summed E-state index contributed by atoms with van der Waals surface area (Å²) in [6.07, 6.45) is 0.648. The molecule has 1 rings (SSSR count). The van der Waals surface area contributed by atoms with Crippen molar-refractivity contribution in [3.05, 3.63) is 29.3 Å². The van der Waals surface area contributed by atoms with Gasteiger partial charge in [-0.05, 0) is 31.8 Å². The smallest absolute Gasteiger partial charge is 0.153 e. The van der Waals surface area contributed by atoms with Crippen molar-refractivity contribution in [1.82, 2.24) is 4.90 Å². The van der Waals surface area contributed by atoms with Gasteiger partial charge in [0.2, 0.25) is 0 Å². The lowest BCUT2D eigenvalue weighted by Gasteiger charge is -2.09. The van der Waals surface area contributed by atoms with E-state index in [1.54, 1.807) is 12.1 Å². The fraction of sp³-hybridized carbons (Fsp3) is 0.300. The zero-order valence-electron chi connectivity index (χ0n) is 7.82. The van der Waals surface area contributed by atoms with E-state index in [2.05, 4.69) is 0 Å². The van der Waals surface area contributed by atoms with Crippen molar-refractivity contribution in [1.29, 1.82) is 0 Å². The van der Waals surface area contributed by atoms with Gasteiger partial charge in [-0.15, -0.1) is 0 Å². The summed E-state index contributed by atoms with van der Waals surface area (Å²) < 4.78 is 0. The molecule has 0 unspecified atom stereocenters. The minimum atomic E-state index is 0.0503. The molecule has 0 aliphatic rings. The van der Waals surface area contributed by atoms with Crippen LogP contribution in [0.2, 0.25) is 0 Å². The molecule has 3 heteroatoms. The van der Waals surface area contributed by atoms with Crippen molar-refractivity contribution in [2.24, 2.45) is 0 Å². The zero-order valence-corrected chi connectivity index (χ0v) is 7.82. The average Bonchev–Trinajstić information content (AvgIpc) is 2.03. The Morgan fingerprint density at radius 1 is 1.46 bits per heavy atom. The predicted octanol–water partition coefficient (Wildman–Crippen LogP) is 1.27. The van der Waals surface area contributed by atoms with Crippen LogP contribution in [0.1, 0.15) is 15.9 Å². The average molecular weight is 179 g/mol. The molecule has 1 N–H and O–H groups in total. The number of hydrogen-bond acceptors (Lipinski definition) is 3. The fourth-order valence-corrected chi connectivity index (χ4v) is 1.15. The lowest BCUT2D eigenvalue weighted by molar-refractivity contribution is 0.112. The molecule has 0 fully saturated rings. The topological polar surface area (TPSA) is 40.5 Å². The van der Waals surface area contributed by atoms with Gasteiger partial charge in [-0.3, -0.25) is 4.79 Å². The molecule has 70 valence electrons. The third-order valence-electron chi connectivity index (χ3n) is 1.72. The highest BCUT2D eigenvalue weighted by Gasteiger charge is 2.01. The molecule has 0 saturated carbocycles. The first-order valence-corrected chi connectivity index (χ1v) is 4.05. The number of carbonyl (C=O) groups is 1. The van der Waals surface area contributed by atoms with Gasteiger partial charge in [0.15, 0.2) is 6.29 Å². The summed E-state index contributed by atoms with van der Waals surface area (Å²) >= 11 is 0. The van der Waals surface area contributed by atoms with Crippen molar-refractivity contribution in [2.75, 3.05) is 14.1 Å². The Kier molecular flexibility index (Phi) is 3.03. The fourth-order valence-electron chi connectivity index (χ4n) is 1.15. The van der Waals surface area contributed by atoms with E-state index >= 15 is 0 Å². The Hall–Kier alpha value is -1.35. The molecule has 0 amide bonds. The standard InChI is InChI=1S/C10H13NO2/c1-11(2)6-8-3-4-9(7-12)10(13)5-8/h3-5,7,13H,6H2,1-2H3. The molecular weight excluding hydrogens is 166 g/mol. The number of aromatic hydroxyl groups is 1. The molecule has 0 spiro atoms. The van der Waals surface area contributed by atoms with Crippen LogP contribution in [0.4, 0.5) is 0 Å². The number of rotatable bonds is 3. The SMILES string of the molecule is CN(C)Cc1ccc(C=O)c(O)c1. The summed E-state index contributed by atoms with van der Waals surface area (Å²) in [5, 5.41) is 9.35. The van der Waals surface area contributed by atoms with Crippen molar-refractivity contribution >= 4 is 6.29 Å². The molecular formula is C10H13NO2. The maximum Gasteiger partial charge on any atom is 0.153 e. The highest BCUT2D eigenvalue weighted by molar-refractivity contribution is 5.79. The summed E-state index contributed by atoms with van der Waals surface area (Å²) in [6.45, 7) is 0.757. The molecule has 0 bridgehead atoms. The van der Waals surface area contributed by atoms with Crippen LogP contribution in [-0.4, -0.2) is 30.4 Å². The van der Waals surface area contributed by atoms with Crippen LogP contribution in [0.3, 0.4) is 0 Å². The summed E-state index contributed by atoms with van der Waals surface area (Å²) in [7, 11) is 3.90. The Morgan fingerprint density at radius 3 is 2.62 bits per heavy atom. The molecule has 13 heavy (non-hydrogen) atoms. The van der Waals surface area contributed by atoms with Crippen molar-refractivity contribution in [3.8, 4) is 5.75 Å². The van der Waals surface area contributed by atoms with Gasteiger partial charge in [0.05, 0.1) is 5.56 Å². The van der Waals surface area contributed by atoms with Gasteiger partial charge >= 0.3 is 0 Å². The van der Waals surface area contributed by atoms with E-state index in [1.807, 2.05) is 25.1 Å². The molecule has 0 aliphatic carbocycles. The van der Waals surface area contributed by atoms with E-state index in [0.29, 0.717) is 11.8 Å². The first kappa shape index (κ1) is 9.74. The Bertz CT molecular complexity index is 308. The van der Waals surface area contributed by atoms with Crippen LogP contribution in [-0.2, 0) is 6.54 Å². The van der Waals surface area contributed by atoms with Gasteiger partial charge in [-0.1, -0.05) is 6.07 Å². The first-order valence-electron chi connectivity index (χ1n) is 4.05. The summed E-state index contributed by atoms with van der Waals surface area (Å²) in [6, 6.07) is 5.08. The second-order valence-electron chi connectivity index (χ2n) is 3.25. The first-order chi connectivity index (χ1) is 6.13. The molecule has 0 aromatic heterocycles. The maximum absolute atomic E-state index is 10.4. The van der Waals surface area contributed by atoms with E-state index in [9.17, 15) is 9.90 Å². The molecule has 1 aromatic carbocycles. The van der Waals surface area contributed by atoms with E-state index in [0.717, 1.165) is 12.1 Å². The number of nitrogens with zero attached hydrogens (tertiary/aromatic N) is 1.